The maximum Gasteiger partial charge on any atom is 0.254 e. The van der Waals surface area contributed by atoms with Gasteiger partial charge in [0.1, 0.15) is 5.75 Å². The molecule has 0 radical (unpaired) electrons. The van der Waals surface area contributed by atoms with Gasteiger partial charge in [-0.05, 0) is 30.7 Å². The number of carbonyl (C=O) groups is 1. The number of amides is 1. The van der Waals surface area contributed by atoms with Crippen molar-refractivity contribution in [1.29, 1.82) is 0 Å². The van der Waals surface area contributed by atoms with Crippen LogP contribution < -0.4 is 4.74 Å². The Bertz CT molecular complexity index is 851. The molecule has 7 heteroatoms. The highest BCUT2D eigenvalue weighted by molar-refractivity contribution is 5.94. The highest BCUT2D eigenvalue weighted by Crippen LogP contribution is 2.24. The fraction of sp³-hybridized carbons (Fsp3) is 0.222. The van der Waals surface area contributed by atoms with E-state index in [2.05, 4.69) is 15.3 Å². The van der Waals surface area contributed by atoms with E-state index < -0.39 is 0 Å². The Morgan fingerprint density at radius 1 is 1.16 bits per heavy atom. The van der Waals surface area contributed by atoms with E-state index in [9.17, 15) is 4.79 Å². The molecule has 0 N–H and O–H groups in total. The summed E-state index contributed by atoms with van der Waals surface area (Å²) in [6.07, 6.45) is 6.03. The average Bonchev–Trinajstić information content (AvgIpc) is 3.34. The van der Waals surface area contributed by atoms with Gasteiger partial charge in [-0.25, -0.2) is 9.67 Å². The van der Waals surface area contributed by atoms with Crippen molar-refractivity contribution < 1.29 is 9.53 Å². The SMILES string of the molecule is O=C(c1cccc(Oc2ccccn2)c1)N1CCC(n2ccnn2)C1. The smallest absolute Gasteiger partial charge is 0.254 e. The van der Waals surface area contributed by atoms with Crippen molar-refractivity contribution in [2.75, 3.05) is 13.1 Å². The number of rotatable bonds is 4. The summed E-state index contributed by atoms with van der Waals surface area (Å²) in [5.41, 5.74) is 0.604. The van der Waals surface area contributed by atoms with Gasteiger partial charge in [-0.3, -0.25) is 4.79 Å². The van der Waals surface area contributed by atoms with Gasteiger partial charge in [-0.15, -0.1) is 5.10 Å². The maximum absolute atomic E-state index is 12.8. The Hall–Kier alpha value is -3.22. The van der Waals surface area contributed by atoms with Crippen LogP contribution in [0.1, 0.15) is 22.8 Å². The molecule has 0 aliphatic carbocycles. The monoisotopic (exact) mass is 335 g/mol. The van der Waals surface area contributed by atoms with E-state index in [1.807, 2.05) is 40.0 Å². The molecule has 4 rings (SSSR count). The topological polar surface area (TPSA) is 73.1 Å². The first-order chi connectivity index (χ1) is 12.3. The summed E-state index contributed by atoms with van der Waals surface area (Å²) >= 11 is 0. The molecule has 1 saturated heterocycles. The van der Waals surface area contributed by atoms with Gasteiger partial charge in [-0.1, -0.05) is 17.3 Å². The third-order valence-electron chi connectivity index (χ3n) is 4.21. The van der Waals surface area contributed by atoms with Crippen molar-refractivity contribution in [3.63, 3.8) is 0 Å². The summed E-state index contributed by atoms with van der Waals surface area (Å²) in [5, 5.41) is 7.86. The van der Waals surface area contributed by atoms with Crippen molar-refractivity contribution in [1.82, 2.24) is 24.9 Å². The Kier molecular flexibility index (Phi) is 4.12. The molecular weight excluding hydrogens is 318 g/mol. The zero-order chi connectivity index (χ0) is 17.1. The second-order valence-corrected chi connectivity index (χ2v) is 5.87. The molecule has 1 aromatic carbocycles. The van der Waals surface area contributed by atoms with E-state index in [1.165, 1.54) is 0 Å². The van der Waals surface area contributed by atoms with Crippen molar-refractivity contribution in [3.05, 3.63) is 66.6 Å². The molecule has 1 aliphatic rings. The van der Waals surface area contributed by atoms with Gasteiger partial charge in [0.25, 0.3) is 5.91 Å². The number of likely N-dealkylation sites (tertiary alicyclic amines) is 1. The summed E-state index contributed by atoms with van der Waals surface area (Å²) < 4.78 is 7.52. The first kappa shape index (κ1) is 15.3. The predicted octanol–water partition coefficient (Wildman–Crippen LogP) is 2.55. The molecule has 126 valence electrons. The van der Waals surface area contributed by atoms with Crippen LogP contribution >= 0.6 is 0 Å². The molecule has 0 saturated carbocycles. The second kappa shape index (κ2) is 6.72. The third kappa shape index (κ3) is 3.35. The van der Waals surface area contributed by atoms with Crippen LogP contribution in [-0.2, 0) is 0 Å². The van der Waals surface area contributed by atoms with E-state index in [1.54, 1.807) is 30.6 Å². The molecule has 1 unspecified atom stereocenters. The summed E-state index contributed by atoms with van der Waals surface area (Å²) in [4.78, 5) is 18.7. The first-order valence-corrected chi connectivity index (χ1v) is 8.13. The summed E-state index contributed by atoms with van der Waals surface area (Å²) in [6, 6.07) is 12.8. The minimum atomic E-state index is -0.00548. The number of ether oxygens (including phenoxy) is 1. The third-order valence-corrected chi connectivity index (χ3v) is 4.21. The van der Waals surface area contributed by atoms with Crippen LogP contribution in [0.5, 0.6) is 11.6 Å². The first-order valence-electron chi connectivity index (χ1n) is 8.13. The van der Waals surface area contributed by atoms with Crippen molar-refractivity contribution in [2.24, 2.45) is 0 Å². The van der Waals surface area contributed by atoms with Crippen LogP contribution in [0.4, 0.5) is 0 Å². The van der Waals surface area contributed by atoms with Gasteiger partial charge in [0.15, 0.2) is 0 Å². The van der Waals surface area contributed by atoms with E-state index in [0.717, 1.165) is 6.42 Å². The van der Waals surface area contributed by atoms with Crippen LogP contribution in [0.25, 0.3) is 0 Å². The van der Waals surface area contributed by atoms with Crippen LogP contribution in [0.3, 0.4) is 0 Å². The molecule has 3 aromatic rings. The number of nitrogens with zero attached hydrogens (tertiary/aromatic N) is 5. The standard InChI is InChI=1S/C18H17N5O2/c24-18(22-10-7-15(13-22)23-11-9-20-21-23)14-4-3-5-16(12-14)25-17-6-1-2-8-19-17/h1-6,8-9,11-12,15H,7,10,13H2. The van der Waals surface area contributed by atoms with Gasteiger partial charge >= 0.3 is 0 Å². The number of hydrogen-bond donors (Lipinski definition) is 0. The highest BCUT2D eigenvalue weighted by atomic mass is 16.5. The lowest BCUT2D eigenvalue weighted by Gasteiger charge is -2.17. The Morgan fingerprint density at radius 2 is 2.12 bits per heavy atom. The lowest BCUT2D eigenvalue weighted by molar-refractivity contribution is 0.0786. The quantitative estimate of drug-likeness (QED) is 0.732. The normalized spacial score (nSPS) is 16.8. The molecule has 7 nitrogen and oxygen atoms in total. The number of pyridine rings is 1. The number of hydrogen-bond acceptors (Lipinski definition) is 5. The number of aromatic nitrogens is 4. The molecule has 1 aliphatic heterocycles. The van der Waals surface area contributed by atoms with E-state index in [0.29, 0.717) is 30.3 Å². The largest absolute Gasteiger partial charge is 0.439 e. The molecule has 0 bridgehead atoms. The predicted molar refractivity (Wildman–Crippen MR) is 90.3 cm³/mol. The highest BCUT2D eigenvalue weighted by Gasteiger charge is 2.28. The lowest BCUT2D eigenvalue weighted by atomic mass is 10.2. The number of benzene rings is 1. The number of carbonyl (C=O) groups excluding carboxylic acids is 1. The molecule has 1 fully saturated rings. The second-order valence-electron chi connectivity index (χ2n) is 5.87. The van der Waals surface area contributed by atoms with Crippen molar-refractivity contribution >= 4 is 5.91 Å². The minimum absolute atomic E-state index is 0.00548. The van der Waals surface area contributed by atoms with Crippen LogP contribution in [0, 0.1) is 0 Å². The molecule has 0 spiro atoms. The molecule has 1 atom stereocenters. The molecule has 25 heavy (non-hydrogen) atoms. The van der Waals surface area contributed by atoms with Gasteiger partial charge in [0.05, 0.1) is 12.2 Å². The van der Waals surface area contributed by atoms with Crippen LogP contribution in [0.2, 0.25) is 0 Å². The van der Waals surface area contributed by atoms with E-state index >= 15 is 0 Å². The van der Waals surface area contributed by atoms with Gasteiger partial charge in [0, 0.05) is 37.1 Å². The summed E-state index contributed by atoms with van der Waals surface area (Å²) in [7, 11) is 0. The van der Waals surface area contributed by atoms with Gasteiger partial charge in [0.2, 0.25) is 5.88 Å². The summed E-state index contributed by atoms with van der Waals surface area (Å²) in [6.45, 7) is 1.34. The Morgan fingerprint density at radius 3 is 2.92 bits per heavy atom. The Balaban J connectivity index is 1.46. The minimum Gasteiger partial charge on any atom is -0.439 e. The van der Waals surface area contributed by atoms with Crippen molar-refractivity contribution in [2.45, 2.75) is 12.5 Å². The lowest BCUT2D eigenvalue weighted by Crippen LogP contribution is -2.29. The summed E-state index contributed by atoms with van der Waals surface area (Å²) in [5.74, 6) is 1.09. The average molecular weight is 335 g/mol. The molecular formula is C18H17N5O2. The fourth-order valence-electron chi connectivity index (χ4n) is 2.96. The van der Waals surface area contributed by atoms with E-state index in [4.69, 9.17) is 4.74 Å². The van der Waals surface area contributed by atoms with Crippen LogP contribution in [0.15, 0.2) is 61.1 Å². The molecule has 2 aromatic heterocycles. The maximum atomic E-state index is 12.8. The van der Waals surface area contributed by atoms with Crippen molar-refractivity contribution in [3.8, 4) is 11.6 Å². The van der Waals surface area contributed by atoms with Crippen LogP contribution in [-0.4, -0.2) is 43.9 Å². The zero-order valence-electron chi connectivity index (χ0n) is 13.5. The zero-order valence-corrected chi connectivity index (χ0v) is 13.5. The fourth-order valence-corrected chi connectivity index (χ4v) is 2.96. The van der Waals surface area contributed by atoms with Gasteiger partial charge in [-0.2, -0.15) is 0 Å². The Labute approximate surface area is 144 Å². The van der Waals surface area contributed by atoms with E-state index in [-0.39, 0.29) is 11.9 Å². The van der Waals surface area contributed by atoms with Gasteiger partial charge < -0.3 is 9.64 Å². The molecule has 1 amide bonds. The molecule has 3 heterocycles.